The molecule has 40 heavy (non-hydrogen) atoms. The molecule has 0 heterocycles. The average molecular weight is 527 g/mol. The van der Waals surface area contributed by atoms with Crippen LogP contribution in [0.5, 0.6) is 5.75 Å². The summed E-state index contributed by atoms with van der Waals surface area (Å²) >= 11 is 0. The van der Waals surface area contributed by atoms with Gasteiger partial charge in [0.1, 0.15) is 12.4 Å². The van der Waals surface area contributed by atoms with Gasteiger partial charge in [0.15, 0.2) is 0 Å². The van der Waals surface area contributed by atoms with Crippen LogP contribution >= 0.6 is 0 Å². The van der Waals surface area contributed by atoms with E-state index < -0.39 is 0 Å². The fraction of sp³-hybridized carbons (Fsp3) is 0.139. The number of rotatable bonds is 9. The Morgan fingerprint density at radius 1 is 0.650 bits per heavy atom. The van der Waals surface area contributed by atoms with E-state index in [0.717, 1.165) is 44.8 Å². The number of carbonyl (C=O) groups excluding carboxylic acids is 1. The maximum Gasteiger partial charge on any atom is 0.322 e. The Balaban J connectivity index is 1.46. The number of hydrogen-bond acceptors (Lipinski definition) is 2. The molecule has 0 fully saturated rings. The van der Waals surface area contributed by atoms with Crippen LogP contribution in [0.3, 0.4) is 0 Å². The summed E-state index contributed by atoms with van der Waals surface area (Å²) in [7, 11) is 0. The molecule has 0 atom stereocenters. The van der Waals surface area contributed by atoms with Crippen LogP contribution in [-0.2, 0) is 13.2 Å². The van der Waals surface area contributed by atoms with E-state index in [2.05, 4.69) is 29.6 Å². The van der Waals surface area contributed by atoms with Crippen molar-refractivity contribution in [1.29, 1.82) is 0 Å². The Labute approximate surface area is 236 Å². The second-order valence-corrected chi connectivity index (χ2v) is 9.97. The lowest BCUT2D eigenvalue weighted by atomic mass is 9.96. The zero-order valence-corrected chi connectivity index (χ0v) is 23.0. The molecule has 0 saturated carbocycles. The van der Waals surface area contributed by atoms with Crippen LogP contribution < -0.4 is 10.1 Å². The summed E-state index contributed by atoms with van der Waals surface area (Å²) in [5.41, 5.74) is 7.15. The molecule has 0 aliphatic heterocycles. The number of amides is 2. The molecule has 2 amide bonds. The van der Waals surface area contributed by atoms with Crippen LogP contribution in [-0.4, -0.2) is 10.9 Å². The minimum Gasteiger partial charge on any atom is -0.489 e. The normalized spacial score (nSPS) is 10.8. The maximum atomic E-state index is 14.1. The highest BCUT2D eigenvalue weighted by Crippen LogP contribution is 2.32. The first kappa shape index (κ1) is 26.8. The molecule has 4 nitrogen and oxygen atoms in total. The van der Waals surface area contributed by atoms with Crippen molar-refractivity contribution >= 4 is 11.7 Å². The van der Waals surface area contributed by atoms with Crippen molar-refractivity contribution in [2.75, 3.05) is 5.32 Å². The fourth-order valence-corrected chi connectivity index (χ4v) is 4.92. The number of anilines is 1. The molecule has 5 aromatic rings. The lowest BCUT2D eigenvalue weighted by Crippen LogP contribution is -2.38. The largest absolute Gasteiger partial charge is 0.489 e. The van der Waals surface area contributed by atoms with Crippen molar-refractivity contribution in [3.63, 3.8) is 0 Å². The summed E-state index contributed by atoms with van der Waals surface area (Å²) < 4.78 is 6.00. The van der Waals surface area contributed by atoms with Gasteiger partial charge in [0, 0.05) is 12.2 Å². The van der Waals surface area contributed by atoms with Crippen LogP contribution in [0.2, 0.25) is 0 Å². The first-order chi connectivity index (χ1) is 19.6. The number of aryl methyl sites for hydroxylation is 2. The molecule has 0 aromatic heterocycles. The van der Waals surface area contributed by atoms with Crippen LogP contribution in [0.25, 0.3) is 0 Å². The fourth-order valence-electron chi connectivity index (χ4n) is 4.92. The number of hydrogen-bond donors (Lipinski definition) is 1. The molecular formula is C36H34N2O2. The molecule has 0 aliphatic carbocycles. The van der Waals surface area contributed by atoms with E-state index >= 15 is 0 Å². The highest BCUT2D eigenvalue weighted by atomic mass is 16.5. The van der Waals surface area contributed by atoms with E-state index in [4.69, 9.17) is 4.74 Å². The number of nitrogens with one attached hydrogen (secondary N) is 1. The van der Waals surface area contributed by atoms with Gasteiger partial charge in [-0.15, -0.1) is 0 Å². The summed E-state index contributed by atoms with van der Waals surface area (Å²) in [6.45, 7) is 4.97. The van der Waals surface area contributed by atoms with Gasteiger partial charge in [-0.1, -0.05) is 121 Å². The van der Waals surface area contributed by atoms with E-state index in [1.54, 1.807) is 0 Å². The van der Waals surface area contributed by atoms with Crippen molar-refractivity contribution < 1.29 is 9.53 Å². The van der Waals surface area contributed by atoms with Crippen LogP contribution in [0, 0.1) is 13.8 Å². The van der Waals surface area contributed by atoms with Gasteiger partial charge < -0.3 is 15.0 Å². The number of para-hydroxylation sites is 1. The molecule has 0 bridgehead atoms. The molecule has 1 N–H and O–H groups in total. The molecule has 4 heteroatoms. The van der Waals surface area contributed by atoms with Crippen molar-refractivity contribution in [3.05, 3.63) is 167 Å². The first-order valence-electron chi connectivity index (χ1n) is 13.6. The second kappa shape index (κ2) is 12.8. The van der Waals surface area contributed by atoms with Gasteiger partial charge in [-0.25, -0.2) is 4.79 Å². The van der Waals surface area contributed by atoms with E-state index in [1.165, 1.54) is 0 Å². The summed E-state index contributed by atoms with van der Waals surface area (Å²) in [5, 5.41) is 3.23. The predicted molar refractivity (Wildman–Crippen MR) is 162 cm³/mol. The van der Waals surface area contributed by atoms with Gasteiger partial charge in [0.2, 0.25) is 0 Å². The van der Waals surface area contributed by atoms with Crippen LogP contribution in [0.4, 0.5) is 10.5 Å². The molecule has 200 valence electrons. The molecule has 0 saturated heterocycles. The minimum absolute atomic E-state index is 0.153. The Hall–Kier alpha value is -4.83. The molecule has 0 radical (unpaired) electrons. The third kappa shape index (κ3) is 6.59. The predicted octanol–water partition coefficient (Wildman–Crippen LogP) is 8.71. The summed E-state index contributed by atoms with van der Waals surface area (Å²) in [6, 6.07) is 44.2. The molecular weight excluding hydrogens is 492 g/mol. The zero-order valence-electron chi connectivity index (χ0n) is 23.0. The third-order valence-corrected chi connectivity index (χ3v) is 7.04. The average Bonchev–Trinajstić information content (AvgIpc) is 3.00. The Kier molecular flexibility index (Phi) is 8.57. The van der Waals surface area contributed by atoms with Crippen LogP contribution in [0.15, 0.2) is 133 Å². The van der Waals surface area contributed by atoms with Gasteiger partial charge in [-0.3, -0.25) is 0 Å². The lowest BCUT2D eigenvalue weighted by molar-refractivity contribution is 0.194. The first-order valence-corrected chi connectivity index (χ1v) is 13.6. The molecule has 5 aromatic carbocycles. The summed E-state index contributed by atoms with van der Waals surface area (Å²) in [6.07, 6.45) is 0. The monoisotopic (exact) mass is 526 g/mol. The molecule has 5 rings (SSSR count). The number of ether oxygens (including phenoxy) is 1. The molecule has 0 aliphatic rings. The van der Waals surface area contributed by atoms with Crippen molar-refractivity contribution in [1.82, 2.24) is 4.90 Å². The van der Waals surface area contributed by atoms with Crippen LogP contribution in [0.1, 0.15) is 39.4 Å². The SMILES string of the molecule is Cc1cccc(C)c1NC(=O)N(Cc1ccc(OCc2ccccc2)cc1)C(c1ccccc1)c1ccccc1. The third-order valence-electron chi connectivity index (χ3n) is 7.04. The van der Waals surface area contributed by atoms with Gasteiger partial charge in [0.05, 0.1) is 6.04 Å². The quantitative estimate of drug-likeness (QED) is 0.209. The molecule has 0 spiro atoms. The van der Waals surface area contributed by atoms with E-state index in [9.17, 15) is 4.79 Å². The zero-order chi connectivity index (χ0) is 27.7. The highest BCUT2D eigenvalue weighted by molar-refractivity contribution is 5.91. The number of carbonyl (C=O) groups is 1. The number of benzene rings is 5. The standard InChI is InChI=1S/C36H34N2O2/c1-27-13-12-14-28(2)34(27)37-36(39)38(35(31-17-8-4-9-18-31)32-19-10-5-11-20-32)25-29-21-23-33(24-22-29)40-26-30-15-6-3-7-16-30/h3-24,35H,25-26H2,1-2H3,(H,37,39). The maximum absolute atomic E-state index is 14.1. The summed E-state index contributed by atoms with van der Waals surface area (Å²) in [4.78, 5) is 16.0. The van der Waals surface area contributed by atoms with Gasteiger partial charge >= 0.3 is 6.03 Å². The number of urea groups is 1. The molecule has 0 unspecified atom stereocenters. The highest BCUT2D eigenvalue weighted by Gasteiger charge is 2.28. The second-order valence-electron chi connectivity index (χ2n) is 9.97. The van der Waals surface area contributed by atoms with Crippen molar-refractivity contribution in [3.8, 4) is 5.75 Å². The van der Waals surface area contributed by atoms with E-state index in [-0.39, 0.29) is 12.1 Å². The topological polar surface area (TPSA) is 41.6 Å². The van der Waals surface area contributed by atoms with Crippen molar-refractivity contribution in [2.45, 2.75) is 33.0 Å². The van der Waals surface area contributed by atoms with E-state index in [0.29, 0.717) is 13.2 Å². The van der Waals surface area contributed by atoms with Gasteiger partial charge in [-0.05, 0) is 59.4 Å². The lowest BCUT2D eigenvalue weighted by Gasteiger charge is -2.33. The number of nitrogens with zero attached hydrogens (tertiary/aromatic N) is 1. The van der Waals surface area contributed by atoms with Crippen molar-refractivity contribution in [2.24, 2.45) is 0 Å². The Bertz CT molecular complexity index is 1460. The van der Waals surface area contributed by atoms with Gasteiger partial charge in [0.25, 0.3) is 0 Å². The summed E-state index contributed by atoms with van der Waals surface area (Å²) in [5.74, 6) is 0.793. The van der Waals surface area contributed by atoms with Gasteiger partial charge in [-0.2, -0.15) is 0 Å². The van der Waals surface area contributed by atoms with E-state index in [1.807, 2.05) is 128 Å². The Morgan fingerprint density at radius 2 is 1.18 bits per heavy atom. The Morgan fingerprint density at radius 3 is 1.73 bits per heavy atom. The smallest absolute Gasteiger partial charge is 0.322 e. The minimum atomic E-state index is -0.277.